The number of para-hydroxylation sites is 2. The van der Waals surface area contributed by atoms with Crippen LogP contribution in [-0.4, -0.2) is 44.1 Å². The Morgan fingerprint density at radius 3 is 2.38 bits per heavy atom. The van der Waals surface area contributed by atoms with Gasteiger partial charge in [0, 0.05) is 19.3 Å². The summed E-state index contributed by atoms with van der Waals surface area (Å²) < 4.78 is 5.80. The van der Waals surface area contributed by atoms with Crippen LogP contribution in [0.1, 0.15) is 18.4 Å². The second kappa shape index (κ2) is 7.68. The highest BCUT2D eigenvalue weighted by atomic mass is 35.5. The first-order chi connectivity index (χ1) is 12.2. The number of benzene rings is 2. The van der Waals surface area contributed by atoms with Gasteiger partial charge in [-0.3, -0.25) is 9.69 Å². The summed E-state index contributed by atoms with van der Waals surface area (Å²) in [7, 11) is 1.90. The molecule has 2 aromatic rings. The fourth-order valence-electron chi connectivity index (χ4n) is 4.17. The largest absolute Gasteiger partial charge is 0.492 e. The number of piperidine rings is 1. The summed E-state index contributed by atoms with van der Waals surface area (Å²) in [5, 5.41) is 0. The summed E-state index contributed by atoms with van der Waals surface area (Å²) in [5.41, 5.74) is 1.97. The molecule has 1 fully saturated rings. The smallest absolute Gasteiger partial charge is 0.237 e. The van der Waals surface area contributed by atoms with Crippen molar-refractivity contribution < 1.29 is 9.53 Å². The molecule has 0 aromatic heterocycles. The molecule has 0 bridgehead atoms. The normalized spacial score (nSPS) is 18.5. The lowest BCUT2D eigenvalue weighted by molar-refractivity contribution is -0.124. The van der Waals surface area contributed by atoms with Gasteiger partial charge in [-0.2, -0.15) is 0 Å². The minimum Gasteiger partial charge on any atom is -0.492 e. The number of rotatable bonds is 4. The zero-order valence-electron chi connectivity index (χ0n) is 15.1. The number of hydrogen-bond acceptors (Lipinski definition) is 3. The number of carbonyl (C=O) groups excluding carboxylic acids is 1. The van der Waals surface area contributed by atoms with Crippen molar-refractivity contribution in [2.24, 2.45) is 0 Å². The van der Waals surface area contributed by atoms with Crippen LogP contribution in [0.2, 0.25) is 0 Å². The molecule has 0 unspecified atom stereocenters. The number of likely N-dealkylation sites (N-methyl/N-ethyl adjacent to an activating group) is 1. The summed E-state index contributed by atoms with van der Waals surface area (Å²) in [6.45, 7) is 3.45. The van der Waals surface area contributed by atoms with Crippen molar-refractivity contribution in [2.45, 2.75) is 18.3 Å². The summed E-state index contributed by atoms with van der Waals surface area (Å²) >= 11 is 0. The van der Waals surface area contributed by atoms with E-state index >= 15 is 0 Å². The molecule has 0 atom stereocenters. The molecule has 1 spiro atoms. The summed E-state index contributed by atoms with van der Waals surface area (Å²) in [6, 6.07) is 18.2. The van der Waals surface area contributed by atoms with Crippen molar-refractivity contribution in [2.75, 3.05) is 38.2 Å². The molecule has 26 heavy (non-hydrogen) atoms. The highest BCUT2D eigenvalue weighted by Gasteiger charge is 2.50. The van der Waals surface area contributed by atoms with Crippen LogP contribution in [-0.2, 0) is 10.2 Å². The minimum absolute atomic E-state index is 0. The molecule has 2 aliphatic heterocycles. The molecule has 2 heterocycles. The Labute approximate surface area is 161 Å². The molecule has 4 nitrogen and oxygen atoms in total. The molecule has 0 N–H and O–H groups in total. The Balaban J connectivity index is 0.00000196. The van der Waals surface area contributed by atoms with Crippen LogP contribution in [0.3, 0.4) is 0 Å². The first kappa shape index (κ1) is 18.7. The first-order valence-corrected chi connectivity index (χ1v) is 8.99. The quantitative estimate of drug-likeness (QED) is 0.823. The number of fused-ring (bicyclic) bond motifs is 2. The lowest BCUT2D eigenvalue weighted by atomic mass is 9.73. The third kappa shape index (κ3) is 3.19. The van der Waals surface area contributed by atoms with E-state index in [2.05, 4.69) is 17.0 Å². The van der Waals surface area contributed by atoms with E-state index in [0.29, 0.717) is 6.61 Å². The van der Waals surface area contributed by atoms with Gasteiger partial charge < -0.3 is 9.64 Å². The van der Waals surface area contributed by atoms with Gasteiger partial charge in [0.2, 0.25) is 5.91 Å². The van der Waals surface area contributed by atoms with Crippen molar-refractivity contribution in [3.8, 4) is 5.75 Å². The zero-order chi connectivity index (χ0) is 17.3. The van der Waals surface area contributed by atoms with Crippen LogP contribution in [0.25, 0.3) is 0 Å². The predicted molar refractivity (Wildman–Crippen MR) is 106 cm³/mol. The molecule has 1 amide bonds. The van der Waals surface area contributed by atoms with Crippen LogP contribution < -0.4 is 9.64 Å². The Morgan fingerprint density at radius 2 is 1.65 bits per heavy atom. The lowest BCUT2D eigenvalue weighted by Gasteiger charge is -2.38. The second-order valence-corrected chi connectivity index (χ2v) is 6.97. The van der Waals surface area contributed by atoms with Gasteiger partial charge >= 0.3 is 0 Å². The number of halogens is 1. The number of ether oxygens (including phenoxy) is 1. The summed E-state index contributed by atoms with van der Waals surface area (Å²) in [4.78, 5) is 17.2. The average Bonchev–Trinajstić information content (AvgIpc) is 2.87. The number of nitrogens with zero attached hydrogens (tertiary/aromatic N) is 2. The summed E-state index contributed by atoms with van der Waals surface area (Å²) in [5.74, 6) is 1.17. The number of carbonyl (C=O) groups is 1. The Hall–Kier alpha value is -2.04. The van der Waals surface area contributed by atoms with Crippen molar-refractivity contribution in [3.63, 3.8) is 0 Å². The van der Waals surface area contributed by atoms with E-state index in [1.165, 1.54) is 5.56 Å². The van der Waals surface area contributed by atoms with Crippen molar-refractivity contribution in [1.82, 2.24) is 4.90 Å². The van der Waals surface area contributed by atoms with E-state index in [-0.39, 0.29) is 23.7 Å². The van der Waals surface area contributed by atoms with E-state index in [4.69, 9.17) is 4.74 Å². The third-order valence-electron chi connectivity index (χ3n) is 5.62. The molecule has 4 rings (SSSR count). The van der Waals surface area contributed by atoms with Crippen molar-refractivity contribution in [3.05, 3.63) is 60.2 Å². The number of likely N-dealkylation sites (tertiary alicyclic amines) is 1. The van der Waals surface area contributed by atoms with E-state index in [1.54, 1.807) is 0 Å². The fraction of sp³-hybridized carbons (Fsp3) is 0.381. The van der Waals surface area contributed by atoms with Gasteiger partial charge in [0.25, 0.3) is 0 Å². The molecule has 2 aliphatic rings. The van der Waals surface area contributed by atoms with Gasteiger partial charge in [-0.25, -0.2) is 0 Å². The number of amides is 1. The van der Waals surface area contributed by atoms with E-state index in [0.717, 1.165) is 43.9 Å². The molecule has 138 valence electrons. The van der Waals surface area contributed by atoms with Gasteiger partial charge in [-0.05, 0) is 49.7 Å². The molecule has 0 radical (unpaired) electrons. The highest BCUT2D eigenvalue weighted by molar-refractivity contribution is 6.07. The molecule has 0 saturated carbocycles. The Morgan fingerprint density at radius 1 is 1.00 bits per heavy atom. The van der Waals surface area contributed by atoms with Gasteiger partial charge in [-0.15, -0.1) is 12.4 Å². The van der Waals surface area contributed by atoms with Crippen LogP contribution in [0.15, 0.2) is 54.6 Å². The van der Waals surface area contributed by atoms with Gasteiger partial charge in [0.05, 0.1) is 5.41 Å². The van der Waals surface area contributed by atoms with Gasteiger partial charge in [0.1, 0.15) is 12.4 Å². The molecule has 2 aromatic carbocycles. The lowest BCUT2D eigenvalue weighted by Crippen LogP contribution is -2.48. The van der Waals surface area contributed by atoms with Gasteiger partial charge in [0.15, 0.2) is 0 Å². The molecular formula is C21H25ClN2O2. The van der Waals surface area contributed by atoms with Gasteiger partial charge in [-0.1, -0.05) is 36.4 Å². The molecule has 1 saturated heterocycles. The zero-order valence-corrected chi connectivity index (χ0v) is 15.9. The van der Waals surface area contributed by atoms with Crippen LogP contribution in [0.5, 0.6) is 5.75 Å². The first-order valence-electron chi connectivity index (χ1n) is 8.99. The maximum Gasteiger partial charge on any atom is 0.237 e. The van der Waals surface area contributed by atoms with Crippen LogP contribution >= 0.6 is 12.4 Å². The highest BCUT2D eigenvalue weighted by Crippen LogP contribution is 2.47. The van der Waals surface area contributed by atoms with E-state index in [9.17, 15) is 4.79 Å². The second-order valence-electron chi connectivity index (χ2n) is 6.97. The fourth-order valence-corrected chi connectivity index (χ4v) is 4.17. The average molecular weight is 373 g/mol. The SMILES string of the molecule is CN1C(=O)C2(CCN(CCOc3ccccc3)CC2)c2ccccc21.Cl. The summed E-state index contributed by atoms with van der Waals surface area (Å²) in [6.07, 6.45) is 1.77. The van der Waals surface area contributed by atoms with Crippen molar-refractivity contribution >= 4 is 24.0 Å². The molecule has 0 aliphatic carbocycles. The minimum atomic E-state index is -0.317. The van der Waals surface area contributed by atoms with Crippen molar-refractivity contribution in [1.29, 1.82) is 0 Å². The standard InChI is InChI=1S/C21H24N2O2.ClH/c1-22-19-10-6-5-9-18(19)21(20(22)24)11-13-23(14-12-21)15-16-25-17-7-3-2-4-8-17;/h2-10H,11-16H2,1H3;1H. The monoisotopic (exact) mass is 372 g/mol. The molecule has 5 heteroatoms. The van der Waals surface area contributed by atoms with Crippen LogP contribution in [0.4, 0.5) is 5.69 Å². The predicted octanol–water partition coefficient (Wildman–Crippen LogP) is 3.50. The Kier molecular flexibility index (Phi) is 5.54. The van der Waals surface area contributed by atoms with E-state index < -0.39 is 0 Å². The van der Waals surface area contributed by atoms with E-state index in [1.807, 2.05) is 54.4 Å². The Bertz CT molecular complexity index is 758. The maximum atomic E-state index is 12.9. The maximum absolute atomic E-state index is 12.9. The number of anilines is 1. The topological polar surface area (TPSA) is 32.8 Å². The number of hydrogen-bond donors (Lipinski definition) is 0. The molecular weight excluding hydrogens is 348 g/mol. The van der Waals surface area contributed by atoms with Crippen LogP contribution in [0, 0.1) is 0 Å². The third-order valence-corrected chi connectivity index (χ3v) is 5.62.